The highest BCUT2D eigenvalue weighted by Crippen LogP contribution is 2.32. The van der Waals surface area contributed by atoms with Gasteiger partial charge in [0.25, 0.3) is 0 Å². The first-order chi connectivity index (χ1) is 10.4. The van der Waals surface area contributed by atoms with Crippen LogP contribution in [0.5, 0.6) is 0 Å². The van der Waals surface area contributed by atoms with Gasteiger partial charge in [-0.25, -0.2) is 0 Å². The van der Waals surface area contributed by atoms with Crippen molar-refractivity contribution in [3.05, 3.63) is 60.7 Å². The van der Waals surface area contributed by atoms with E-state index in [2.05, 4.69) is 0 Å². The van der Waals surface area contributed by atoms with E-state index < -0.39 is 0 Å². The molecule has 21 heavy (non-hydrogen) atoms. The molecule has 0 bridgehead atoms. The molecule has 108 valence electrons. The molecule has 2 aromatic carbocycles. The molecule has 0 aliphatic heterocycles. The molecule has 0 aromatic heterocycles. The van der Waals surface area contributed by atoms with Gasteiger partial charge in [-0.15, -0.1) is 0 Å². The molecule has 0 heterocycles. The maximum absolute atomic E-state index is 13.0. The molecule has 0 atom stereocenters. The summed E-state index contributed by atoms with van der Waals surface area (Å²) in [6, 6.07) is 19.9. The molecule has 1 saturated carbocycles. The predicted octanol–water partition coefficient (Wildman–Crippen LogP) is 4.93. The van der Waals surface area contributed by atoms with Gasteiger partial charge >= 0.3 is 0 Å². The van der Waals surface area contributed by atoms with Crippen LogP contribution in [0.2, 0.25) is 0 Å². The van der Waals surface area contributed by atoms with E-state index in [1.54, 1.807) is 0 Å². The molecule has 1 aliphatic rings. The summed E-state index contributed by atoms with van der Waals surface area (Å²) in [4.78, 5) is 14.9. The van der Waals surface area contributed by atoms with Crippen LogP contribution in [0, 0.1) is 5.92 Å². The van der Waals surface area contributed by atoms with Crippen molar-refractivity contribution in [2.45, 2.75) is 32.1 Å². The van der Waals surface area contributed by atoms with Crippen molar-refractivity contribution in [1.29, 1.82) is 0 Å². The summed E-state index contributed by atoms with van der Waals surface area (Å²) in [6.07, 6.45) is 5.66. The predicted molar refractivity (Wildman–Crippen MR) is 86.6 cm³/mol. The molecular formula is C19H21NO. The third-order valence-corrected chi connectivity index (χ3v) is 4.20. The van der Waals surface area contributed by atoms with E-state index in [0.717, 1.165) is 24.2 Å². The van der Waals surface area contributed by atoms with Crippen LogP contribution in [0.1, 0.15) is 32.1 Å². The zero-order valence-electron chi connectivity index (χ0n) is 12.2. The van der Waals surface area contributed by atoms with Gasteiger partial charge in [-0.05, 0) is 37.1 Å². The quantitative estimate of drug-likeness (QED) is 0.780. The summed E-state index contributed by atoms with van der Waals surface area (Å²) >= 11 is 0. The monoisotopic (exact) mass is 279 g/mol. The van der Waals surface area contributed by atoms with Crippen molar-refractivity contribution in [2.24, 2.45) is 5.92 Å². The largest absolute Gasteiger partial charge is 0.281 e. The first-order valence-corrected chi connectivity index (χ1v) is 7.80. The standard InChI is InChI=1S/C19H21NO/c21-19(16-10-4-1-5-11-16)20(17-12-6-2-7-13-17)18-14-8-3-9-15-18/h2-3,6-9,12-16H,1,4-5,10-11H2. The number of anilines is 2. The first-order valence-electron chi connectivity index (χ1n) is 7.80. The summed E-state index contributed by atoms with van der Waals surface area (Å²) in [5.41, 5.74) is 1.92. The Balaban J connectivity index is 1.94. The second kappa shape index (κ2) is 6.57. The number of hydrogen-bond acceptors (Lipinski definition) is 1. The highest BCUT2D eigenvalue weighted by atomic mass is 16.2. The summed E-state index contributed by atoms with van der Waals surface area (Å²) in [6.45, 7) is 0. The zero-order chi connectivity index (χ0) is 14.5. The molecule has 2 heteroatoms. The summed E-state index contributed by atoms with van der Waals surface area (Å²) in [5.74, 6) is 0.409. The van der Waals surface area contributed by atoms with Crippen molar-refractivity contribution in [2.75, 3.05) is 4.90 Å². The van der Waals surface area contributed by atoms with E-state index in [9.17, 15) is 4.79 Å². The molecule has 1 fully saturated rings. The molecule has 3 rings (SSSR count). The van der Waals surface area contributed by atoms with Crippen molar-refractivity contribution in [3.63, 3.8) is 0 Å². The third kappa shape index (κ3) is 3.15. The molecule has 2 aromatic rings. The maximum atomic E-state index is 13.0. The smallest absolute Gasteiger partial charge is 0.234 e. The number of carbonyl (C=O) groups excluding carboxylic acids is 1. The lowest BCUT2D eigenvalue weighted by Gasteiger charge is -2.29. The molecule has 0 saturated heterocycles. The molecule has 0 radical (unpaired) electrons. The fourth-order valence-corrected chi connectivity index (χ4v) is 3.09. The minimum atomic E-state index is 0.166. The second-order valence-corrected chi connectivity index (χ2v) is 5.68. The summed E-state index contributed by atoms with van der Waals surface area (Å²) in [7, 11) is 0. The van der Waals surface area contributed by atoms with Crippen LogP contribution in [0.15, 0.2) is 60.7 Å². The molecule has 0 spiro atoms. The average Bonchev–Trinajstić information content (AvgIpc) is 2.58. The van der Waals surface area contributed by atoms with E-state index in [4.69, 9.17) is 0 Å². The minimum absolute atomic E-state index is 0.166. The summed E-state index contributed by atoms with van der Waals surface area (Å²) in [5, 5.41) is 0. The highest BCUT2D eigenvalue weighted by Gasteiger charge is 2.27. The van der Waals surface area contributed by atoms with Crippen LogP contribution in [0.4, 0.5) is 11.4 Å². The Hall–Kier alpha value is -2.09. The zero-order valence-corrected chi connectivity index (χ0v) is 12.2. The number of nitrogens with zero attached hydrogens (tertiary/aromatic N) is 1. The van der Waals surface area contributed by atoms with Crippen molar-refractivity contribution in [3.8, 4) is 0 Å². The van der Waals surface area contributed by atoms with Gasteiger partial charge in [-0.1, -0.05) is 55.7 Å². The van der Waals surface area contributed by atoms with Crippen LogP contribution < -0.4 is 4.90 Å². The van der Waals surface area contributed by atoms with Crippen LogP contribution in [0.3, 0.4) is 0 Å². The van der Waals surface area contributed by atoms with E-state index in [0.29, 0.717) is 0 Å². The van der Waals surface area contributed by atoms with Gasteiger partial charge in [0.15, 0.2) is 0 Å². The highest BCUT2D eigenvalue weighted by molar-refractivity contribution is 6.01. The Morgan fingerprint density at radius 3 is 1.71 bits per heavy atom. The van der Waals surface area contributed by atoms with Gasteiger partial charge in [0.05, 0.1) is 0 Å². The van der Waals surface area contributed by atoms with E-state index in [1.807, 2.05) is 65.6 Å². The Labute approximate surface area is 126 Å². The number of carbonyl (C=O) groups is 1. The van der Waals surface area contributed by atoms with Crippen molar-refractivity contribution < 1.29 is 4.79 Å². The lowest BCUT2D eigenvalue weighted by Crippen LogP contribution is -2.33. The number of rotatable bonds is 3. The van der Waals surface area contributed by atoms with Gasteiger partial charge in [-0.2, -0.15) is 0 Å². The number of hydrogen-bond donors (Lipinski definition) is 0. The maximum Gasteiger partial charge on any atom is 0.234 e. The molecule has 1 aliphatic carbocycles. The van der Waals surface area contributed by atoms with Crippen LogP contribution in [-0.2, 0) is 4.79 Å². The van der Waals surface area contributed by atoms with Gasteiger partial charge in [-0.3, -0.25) is 9.69 Å². The Bertz CT molecular complexity index is 534. The Morgan fingerprint density at radius 2 is 1.24 bits per heavy atom. The molecular weight excluding hydrogens is 258 g/mol. The molecule has 0 N–H and O–H groups in total. The van der Waals surface area contributed by atoms with E-state index in [-0.39, 0.29) is 11.8 Å². The van der Waals surface area contributed by atoms with Gasteiger partial charge in [0, 0.05) is 17.3 Å². The number of amides is 1. The molecule has 2 nitrogen and oxygen atoms in total. The Kier molecular flexibility index (Phi) is 4.34. The summed E-state index contributed by atoms with van der Waals surface area (Å²) < 4.78 is 0. The van der Waals surface area contributed by atoms with Crippen molar-refractivity contribution >= 4 is 17.3 Å². The van der Waals surface area contributed by atoms with Gasteiger partial charge < -0.3 is 0 Å². The van der Waals surface area contributed by atoms with E-state index >= 15 is 0 Å². The first kappa shape index (κ1) is 13.9. The van der Waals surface area contributed by atoms with Gasteiger partial charge in [0.1, 0.15) is 0 Å². The fraction of sp³-hybridized carbons (Fsp3) is 0.316. The van der Waals surface area contributed by atoms with Gasteiger partial charge in [0.2, 0.25) is 5.91 Å². The number of para-hydroxylation sites is 2. The minimum Gasteiger partial charge on any atom is -0.281 e. The fourth-order valence-electron chi connectivity index (χ4n) is 3.09. The topological polar surface area (TPSA) is 20.3 Å². The van der Waals surface area contributed by atoms with E-state index in [1.165, 1.54) is 19.3 Å². The third-order valence-electron chi connectivity index (χ3n) is 4.20. The van der Waals surface area contributed by atoms with Crippen LogP contribution in [0.25, 0.3) is 0 Å². The van der Waals surface area contributed by atoms with Crippen LogP contribution >= 0.6 is 0 Å². The number of benzene rings is 2. The lowest BCUT2D eigenvalue weighted by atomic mass is 9.88. The second-order valence-electron chi connectivity index (χ2n) is 5.68. The molecule has 0 unspecified atom stereocenters. The van der Waals surface area contributed by atoms with Crippen molar-refractivity contribution in [1.82, 2.24) is 0 Å². The molecule has 1 amide bonds. The lowest BCUT2D eigenvalue weighted by molar-refractivity contribution is -0.122. The average molecular weight is 279 g/mol. The van der Waals surface area contributed by atoms with Crippen LogP contribution in [-0.4, -0.2) is 5.91 Å². The SMILES string of the molecule is O=C(C1CCCCC1)N(c1ccccc1)c1ccccc1. The Morgan fingerprint density at radius 1 is 0.762 bits per heavy atom. The normalized spacial score (nSPS) is 15.6.